The number of rotatable bonds is 10. The zero-order valence-electron chi connectivity index (χ0n) is 27.4. The number of nitrogens with zero attached hydrogens (tertiary/aromatic N) is 5. The van der Waals surface area contributed by atoms with Crippen molar-refractivity contribution in [2.24, 2.45) is 11.3 Å². The summed E-state index contributed by atoms with van der Waals surface area (Å²) in [6.07, 6.45) is 10.0. The molecule has 1 unspecified atom stereocenters. The first-order valence-corrected chi connectivity index (χ1v) is 19.1. The number of ether oxygens (including phenoxy) is 2. The smallest absolute Gasteiger partial charge is 0.410 e. The standard InChI is InChI=1S/C32H50N6O4Si/c1-23(36(6)30(40)42-31(2,3)4)32(5)13-10-24(11-14-32)29(39)35-26-12-15-34-28-25(26)20-27(37-17-16-33-21-37)38(28)22-41-18-19-43(7,8)9/h12,15-17,20-21,23-24H,10-11,13-14,18-19,22H2,1-9H3,(H,34,35,39)/t23?,24-,32-. The predicted molar refractivity (Wildman–Crippen MR) is 173 cm³/mol. The van der Waals surface area contributed by atoms with Crippen molar-refractivity contribution < 1.29 is 19.1 Å². The SMILES string of the molecule is CC(N(C)C(=O)OC(C)(C)C)[C@]1(C)CC[C@@H](C(=O)Nc2ccnc3c2cc(-n2ccnc2)n3COCC[Si](C)(C)C)CC1. The fourth-order valence-corrected chi connectivity index (χ4v) is 6.42. The Bertz CT molecular complexity index is 1400. The molecular formula is C32H50N6O4Si. The Labute approximate surface area is 257 Å². The lowest BCUT2D eigenvalue weighted by atomic mass is 9.67. The van der Waals surface area contributed by atoms with Gasteiger partial charge in [0.1, 0.15) is 30.1 Å². The highest BCUT2D eigenvalue weighted by molar-refractivity contribution is 6.76. The summed E-state index contributed by atoms with van der Waals surface area (Å²) in [6.45, 7) is 18.0. The van der Waals surface area contributed by atoms with E-state index in [1.807, 2.05) is 48.2 Å². The highest BCUT2D eigenvalue weighted by Gasteiger charge is 2.41. The average molecular weight is 611 g/mol. The highest BCUT2D eigenvalue weighted by Crippen LogP contribution is 2.43. The molecule has 0 radical (unpaired) electrons. The van der Waals surface area contributed by atoms with Gasteiger partial charge >= 0.3 is 6.09 Å². The van der Waals surface area contributed by atoms with Crippen molar-refractivity contribution in [3.8, 4) is 5.82 Å². The highest BCUT2D eigenvalue weighted by atomic mass is 28.3. The lowest BCUT2D eigenvalue weighted by Gasteiger charge is -2.44. The minimum atomic E-state index is -1.21. The molecule has 3 aromatic heterocycles. The third kappa shape index (κ3) is 8.06. The van der Waals surface area contributed by atoms with Gasteiger partial charge in [-0.05, 0) is 77.0 Å². The molecule has 10 nitrogen and oxygen atoms in total. The Hall–Kier alpha value is -3.18. The van der Waals surface area contributed by atoms with Crippen molar-refractivity contribution in [1.82, 2.24) is 24.0 Å². The molecule has 1 atom stereocenters. The molecule has 236 valence electrons. The largest absolute Gasteiger partial charge is 0.444 e. The van der Waals surface area contributed by atoms with E-state index in [-0.39, 0.29) is 29.4 Å². The molecule has 3 aromatic rings. The number of amides is 2. The molecule has 11 heteroatoms. The van der Waals surface area contributed by atoms with Crippen LogP contribution in [0.5, 0.6) is 0 Å². The second kappa shape index (κ2) is 12.8. The monoisotopic (exact) mass is 610 g/mol. The van der Waals surface area contributed by atoms with Crippen LogP contribution in [0.25, 0.3) is 16.9 Å². The van der Waals surface area contributed by atoms with E-state index in [1.165, 1.54) is 0 Å². The van der Waals surface area contributed by atoms with Gasteiger partial charge < -0.3 is 19.7 Å². The first-order chi connectivity index (χ1) is 20.1. The summed E-state index contributed by atoms with van der Waals surface area (Å²) in [5.74, 6) is 0.799. The summed E-state index contributed by atoms with van der Waals surface area (Å²) < 4.78 is 15.7. The maximum Gasteiger partial charge on any atom is 0.410 e. The lowest BCUT2D eigenvalue weighted by Crippen LogP contribution is -2.49. The van der Waals surface area contributed by atoms with E-state index in [9.17, 15) is 9.59 Å². The number of pyridine rings is 1. The molecule has 0 saturated heterocycles. The van der Waals surface area contributed by atoms with Gasteiger partial charge in [-0.25, -0.2) is 14.8 Å². The van der Waals surface area contributed by atoms with Gasteiger partial charge in [-0.1, -0.05) is 26.6 Å². The summed E-state index contributed by atoms with van der Waals surface area (Å²) in [7, 11) is 0.590. The quantitative estimate of drug-likeness (QED) is 0.197. The molecule has 4 rings (SSSR count). The van der Waals surface area contributed by atoms with Crippen LogP contribution in [0, 0.1) is 11.3 Å². The summed E-state index contributed by atoms with van der Waals surface area (Å²) >= 11 is 0. The topological polar surface area (TPSA) is 104 Å². The Morgan fingerprint density at radius 3 is 2.51 bits per heavy atom. The fourth-order valence-electron chi connectivity index (χ4n) is 5.67. The first-order valence-electron chi connectivity index (χ1n) is 15.4. The van der Waals surface area contributed by atoms with E-state index >= 15 is 0 Å². The van der Waals surface area contributed by atoms with Gasteiger partial charge in [-0.2, -0.15) is 0 Å². The van der Waals surface area contributed by atoms with Crippen LogP contribution < -0.4 is 5.32 Å². The molecule has 1 saturated carbocycles. The predicted octanol–water partition coefficient (Wildman–Crippen LogP) is 6.92. The molecule has 1 N–H and O–H groups in total. The molecule has 0 aromatic carbocycles. The van der Waals surface area contributed by atoms with Crippen molar-refractivity contribution in [2.75, 3.05) is 19.0 Å². The third-order valence-electron chi connectivity index (χ3n) is 8.79. The summed E-state index contributed by atoms with van der Waals surface area (Å²) in [5.41, 5.74) is 0.855. The summed E-state index contributed by atoms with van der Waals surface area (Å²) in [6, 6.07) is 4.96. The van der Waals surface area contributed by atoms with E-state index in [4.69, 9.17) is 9.47 Å². The number of hydrogen-bond acceptors (Lipinski definition) is 6. The number of carbonyl (C=O) groups excluding carboxylic acids is 2. The van der Waals surface area contributed by atoms with Gasteiger partial charge in [0, 0.05) is 57.7 Å². The molecule has 0 aliphatic heterocycles. The van der Waals surface area contributed by atoms with E-state index in [1.54, 1.807) is 30.7 Å². The van der Waals surface area contributed by atoms with Crippen molar-refractivity contribution in [2.45, 2.75) is 104 Å². The molecule has 2 amide bonds. The fraction of sp³-hybridized carbons (Fsp3) is 0.625. The Kier molecular flexibility index (Phi) is 9.75. The molecule has 0 bridgehead atoms. The normalized spacial score (nSPS) is 20.2. The van der Waals surface area contributed by atoms with Gasteiger partial charge in [-0.15, -0.1) is 0 Å². The molecule has 0 spiro atoms. The zero-order chi connectivity index (χ0) is 31.6. The second-order valence-corrected chi connectivity index (χ2v) is 20.2. The minimum absolute atomic E-state index is 0.0134. The molecule has 1 fully saturated rings. The van der Waals surface area contributed by atoms with Crippen LogP contribution in [0.15, 0.2) is 37.1 Å². The molecule has 3 heterocycles. The minimum Gasteiger partial charge on any atom is -0.444 e. The van der Waals surface area contributed by atoms with Crippen LogP contribution in [0.1, 0.15) is 60.3 Å². The third-order valence-corrected chi connectivity index (χ3v) is 10.5. The van der Waals surface area contributed by atoms with Crippen LogP contribution in [-0.4, -0.2) is 69.4 Å². The Morgan fingerprint density at radius 2 is 1.91 bits per heavy atom. The van der Waals surface area contributed by atoms with Crippen molar-refractivity contribution in [1.29, 1.82) is 0 Å². The molecule has 43 heavy (non-hydrogen) atoms. The Morgan fingerprint density at radius 1 is 1.21 bits per heavy atom. The number of anilines is 1. The van der Waals surface area contributed by atoms with Crippen LogP contribution in [0.3, 0.4) is 0 Å². The van der Waals surface area contributed by atoms with E-state index in [0.29, 0.717) is 13.3 Å². The van der Waals surface area contributed by atoms with Crippen LogP contribution in [0.2, 0.25) is 25.7 Å². The average Bonchev–Trinajstić information content (AvgIpc) is 3.58. The van der Waals surface area contributed by atoms with Crippen LogP contribution >= 0.6 is 0 Å². The van der Waals surface area contributed by atoms with E-state index < -0.39 is 13.7 Å². The number of hydrogen-bond donors (Lipinski definition) is 1. The van der Waals surface area contributed by atoms with Gasteiger partial charge in [0.05, 0.1) is 5.69 Å². The number of aromatic nitrogens is 4. The zero-order valence-corrected chi connectivity index (χ0v) is 28.4. The van der Waals surface area contributed by atoms with Gasteiger partial charge in [0.25, 0.3) is 0 Å². The number of carbonyl (C=O) groups is 2. The van der Waals surface area contributed by atoms with Crippen LogP contribution in [0.4, 0.5) is 10.5 Å². The van der Waals surface area contributed by atoms with Gasteiger partial charge in [-0.3, -0.25) is 13.9 Å². The molecule has 1 aliphatic rings. The van der Waals surface area contributed by atoms with Gasteiger partial charge in [0.2, 0.25) is 5.91 Å². The van der Waals surface area contributed by atoms with Crippen molar-refractivity contribution in [3.63, 3.8) is 0 Å². The van der Waals surface area contributed by atoms with Gasteiger partial charge in [0.15, 0.2) is 0 Å². The number of nitrogens with one attached hydrogen (secondary N) is 1. The molecule has 1 aliphatic carbocycles. The number of imidazole rings is 1. The Balaban J connectivity index is 1.46. The maximum absolute atomic E-state index is 13.6. The number of fused-ring (bicyclic) bond motifs is 1. The lowest BCUT2D eigenvalue weighted by molar-refractivity contribution is -0.121. The van der Waals surface area contributed by atoms with Crippen LogP contribution in [-0.2, 0) is 21.0 Å². The summed E-state index contributed by atoms with van der Waals surface area (Å²) in [4.78, 5) is 36.9. The van der Waals surface area contributed by atoms with Crippen molar-refractivity contribution in [3.05, 3.63) is 37.1 Å². The second-order valence-electron chi connectivity index (χ2n) is 14.5. The summed E-state index contributed by atoms with van der Waals surface area (Å²) in [5, 5.41) is 4.08. The maximum atomic E-state index is 13.6. The van der Waals surface area contributed by atoms with Crippen molar-refractivity contribution >= 4 is 36.8 Å². The first kappa shape index (κ1) is 32.7. The van der Waals surface area contributed by atoms with E-state index in [0.717, 1.165) is 54.3 Å². The molecular weight excluding hydrogens is 560 g/mol. The van der Waals surface area contributed by atoms with E-state index in [2.05, 4.69) is 48.8 Å².